The Morgan fingerprint density at radius 2 is 2.20 bits per heavy atom. The Kier molecular flexibility index (Phi) is 3.93. The number of rotatable bonds is 4. The molecule has 0 saturated heterocycles. The number of anilines is 1. The monoisotopic (exact) mass is 319 g/mol. The molecule has 1 aromatic heterocycles. The minimum absolute atomic E-state index is 0.0246. The fourth-order valence-corrected chi connectivity index (χ4v) is 3.19. The first-order valence-corrected chi connectivity index (χ1v) is 7.29. The van der Waals surface area contributed by atoms with Crippen LogP contribution in [0, 0.1) is 5.82 Å². The Morgan fingerprint density at radius 3 is 2.80 bits per heavy atom. The van der Waals surface area contributed by atoms with Crippen LogP contribution >= 0.6 is 11.6 Å². The number of nitrogens with zero attached hydrogens (tertiary/aromatic N) is 2. The van der Waals surface area contributed by atoms with Crippen molar-refractivity contribution in [1.82, 2.24) is 19.9 Å². The maximum Gasteiger partial charge on any atom is 0.244 e. The van der Waals surface area contributed by atoms with E-state index in [2.05, 4.69) is 19.9 Å². The zero-order chi connectivity index (χ0) is 14.9. The number of hydrogen-bond acceptors (Lipinski definition) is 5. The fourth-order valence-electron chi connectivity index (χ4n) is 1.56. The van der Waals surface area contributed by atoms with Crippen molar-refractivity contribution >= 4 is 27.3 Å². The van der Waals surface area contributed by atoms with E-state index in [9.17, 15) is 12.8 Å². The number of aromatic nitrogens is 3. The van der Waals surface area contributed by atoms with Crippen molar-refractivity contribution in [1.29, 1.82) is 0 Å². The van der Waals surface area contributed by atoms with Gasteiger partial charge in [-0.2, -0.15) is 5.10 Å². The van der Waals surface area contributed by atoms with Crippen molar-refractivity contribution in [3.8, 4) is 0 Å². The van der Waals surface area contributed by atoms with E-state index in [1.807, 2.05) is 0 Å². The highest BCUT2D eigenvalue weighted by Crippen LogP contribution is 2.26. The summed E-state index contributed by atoms with van der Waals surface area (Å²) in [4.78, 5) is 3.20. The lowest BCUT2D eigenvalue weighted by Gasteiger charge is -2.13. The Balaban J connectivity index is 2.36. The molecule has 20 heavy (non-hydrogen) atoms. The molecule has 0 spiro atoms. The van der Waals surface area contributed by atoms with Crippen molar-refractivity contribution in [2.75, 3.05) is 5.73 Å². The lowest BCUT2D eigenvalue weighted by atomic mass is 10.3. The summed E-state index contributed by atoms with van der Waals surface area (Å²) in [5.74, 6) is -0.754. The van der Waals surface area contributed by atoms with E-state index in [1.54, 1.807) is 0 Å². The molecule has 108 valence electrons. The van der Waals surface area contributed by atoms with Crippen LogP contribution in [0.25, 0.3) is 0 Å². The van der Waals surface area contributed by atoms with Crippen LogP contribution in [-0.4, -0.2) is 23.6 Å². The van der Waals surface area contributed by atoms with E-state index in [0.29, 0.717) is 5.82 Å². The van der Waals surface area contributed by atoms with Gasteiger partial charge in [-0.15, -0.1) is 0 Å². The maximum atomic E-state index is 13.8. The van der Waals surface area contributed by atoms with Crippen LogP contribution in [0.15, 0.2) is 23.4 Å². The molecule has 0 aliphatic carbocycles. The van der Waals surface area contributed by atoms with Crippen LogP contribution in [-0.2, 0) is 10.0 Å². The minimum Gasteiger partial charge on any atom is -0.396 e. The van der Waals surface area contributed by atoms with Crippen LogP contribution in [0.4, 0.5) is 10.1 Å². The quantitative estimate of drug-likeness (QED) is 0.733. The second kappa shape index (κ2) is 5.35. The zero-order valence-electron chi connectivity index (χ0n) is 10.3. The van der Waals surface area contributed by atoms with Crippen LogP contribution in [0.2, 0.25) is 5.02 Å². The summed E-state index contributed by atoms with van der Waals surface area (Å²) in [7, 11) is -4.14. The second-order valence-corrected chi connectivity index (χ2v) is 6.14. The largest absolute Gasteiger partial charge is 0.396 e. The third-order valence-electron chi connectivity index (χ3n) is 2.50. The van der Waals surface area contributed by atoms with Gasteiger partial charge in [0.15, 0.2) is 5.82 Å². The first kappa shape index (κ1) is 14.7. The van der Waals surface area contributed by atoms with Crippen LogP contribution in [0.1, 0.15) is 18.8 Å². The second-order valence-electron chi connectivity index (χ2n) is 4.02. The fraction of sp³-hybridized carbons (Fsp3) is 0.200. The number of sulfonamides is 1. The van der Waals surface area contributed by atoms with Crippen molar-refractivity contribution < 1.29 is 12.8 Å². The van der Waals surface area contributed by atoms with Gasteiger partial charge < -0.3 is 5.73 Å². The van der Waals surface area contributed by atoms with Gasteiger partial charge in [0.05, 0.1) is 11.7 Å². The smallest absolute Gasteiger partial charge is 0.244 e. The number of halogens is 2. The van der Waals surface area contributed by atoms with E-state index in [4.69, 9.17) is 17.3 Å². The zero-order valence-corrected chi connectivity index (χ0v) is 11.8. The molecule has 0 aliphatic heterocycles. The summed E-state index contributed by atoms with van der Waals surface area (Å²) in [5, 5.41) is 6.15. The molecule has 0 saturated carbocycles. The number of H-pyrrole nitrogens is 1. The average Bonchev–Trinajstić information content (AvgIpc) is 2.86. The topological polar surface area (TPSA) is 114 Å². The molecule has 1 unspecified atom stereocenters. The van der Waals surface area contributed by atoms with Gasteiger partial charge in [-0.05, 0) is 19.1 Å². The Morgan fingerprint density at radius 1 is 1.50 bits per heavy atom. The number of aromatic amines is 1. The van der Waals surface area contributed by atoms with Crippen molar-refractivity contribution in [3.05, 3.63) is 35.1 Å². The number of benzene rings is 1. The van der Waals surface area contributed by atoms with Crippen molar-refractivity contribution in [3.63, 3.8) is 0 Å². The van der Waals surface area contributed by atoms with Crippen molar-refractivity contribution in [2.45, 2.75) is 17.9 Å². The number of nitrogens with two attached hydrogens (primary N) is 1. The molecular weight excluding hydrogens is 309 g/mol. The van der Waals surface area contributed by atoms with Gasteiger partial charge in [0.25, 0.3) is 0 Å². The summed E-state index contributed by atoms with van der Waals surface area (Å²) >= 11 is 5.70. The minimum atomic E-state index is -4.14. The molecule has 0 fully saturated rings. The molecule has 0 aliphatic rings. The van der Waals surface area contributed by atoms with E-state index in [-0.39, 0.29) is 10.7 Å². The molecule has 0 bridgehead atoms. The lowest BCUT2D eigenvalue weighted by molar-refractivity contribution is 0.543. The molecule has 1 heterocycles. The molecule has 0 amide bonds. The average molecular weight is 320 g/mol. The molecule has 4 N–H and O–H groups in total. The Bertz CT molecular complexity index is 719. The molecule has 0 radical (unpaired) electrons. The van der Waals surface area contributed by atoms with E-state index in [1.165, 1.54) is 13.3 Å². The summed E-state index contributed by atoms with van der Waals surface area (Å²) in [6, 6.07) is 1.40. The highest BCUT2D eigenvalue weighted by molar-refractivity contribution is 7.89. The number of hydrogen-bond donors (Lipinski definition) is 3. The first-order chi connectivity index (χ1) is 9.31. The summed E-state index contributed by atoms with van der Waals surface area (Å²) in [5.41, 5.74) is 5.02. The van der Waals surface area contributed by atoms with Gasteiger partial charge in [-0.1, -0.05) is 11.6 Å². The maximum absolute atomic E-state index is 13.8. The predicted molar refractivity (Wildman–Crippen MR) is 70.9 cm³/mol. The van der Waals surface area contributed by atoms with Crippen LogP contribution < -0.4 is 10.5 Å². The molecule has 1 aromatic carbocycles. The summed E-state index contributed by atoms with van der Waals surface area (Å²) in [6.45, 7) is 1.53. The molecule has 2 aromatic rings. The van der Waals surface area contributed by atoms with E-state index < -0.39 is 26.8 Å². The van der Waals surface area contributed by atoms with Gasteiger partial charge in [0.2, 0.25) is 10.0 Å². The molecule has 10 heteroatoms. The van der Waals surface area contributed by atoms with Gasteiger partial charge in [-0.25, -0.2) is 22.5 Å². The van der Waals surface area contributed by atoms with E-state index >= 15 is 0 Å². The van der Waals surface area contributed by atoms with Gasteiger partial charge in [0, 0.05) is 5.02 Å². The molecule has 1 atom stereocenters. The predicted octanol–water partition coefficient (Wildman–Crippen LogP) is 1.22. The van der Waals surface area contributed by atoms with Crippen molar-refractivity contribution in [2.24, 2.45) is 0 Å². The Hall–Kier alpha value is -1.71. The highest BCUT2D eigenvalue weighted by atomic mass is 35.5. The highest BCUT2D eigenvalue weighted by Gasteiger charge is 2.25. The third kappa shape index (κ3) is 2.89. The number of nitrogens with one attached hydrogen (secondary N) is 2. The number of nitrogen functional groups attached to an aromatic ring is 1. The lowest BCUT2D eigenvalue weighted by Crippen LogP contribution is -2.28. The summed E-state index contributed by atoms with van der Waals surface area (Å²) in [6.07, 6.45) is 1.23. The molecular formula is C10H11ClFN5O2S. The molecule has 2 rings (SSSR count). The van der Waals surface area contributed by atoms with Gasteiger partial charge in [-0.3, -0.25) is 5.10 Å². The van der Waals surface area contributed by atoms with Crippen LogP contribution in [0.5, 0.6) is 0 Å². The third-order valence-corrected chi connectivity index (χ3v) is 4.26. The normalized spacial score (nSPS) is 13.3. The first-order valence-electron chi connectivity index (χ1n) is 5.43. The van der Waals surface area contributed by atoms with Gasteiger partial charge >= 0.3 is 0 Å². The Labute approximate surface area is 119 Å². The van der Waals surface area contributed by atoms with E-state index in [0.717, 1.165) is 12.1 Å². The molecule has 7 nitrogen and oxygen atoms in total. The van der Waals surface area contributed by atoms with Gasteiger partial charge in [0.1, 0.15) is 17.0 Å². The summed E-state index contributed by atoms with van der Waals surface area (Å²) < 4.78 is 40.4. The standard InChI is InChI=1S/C10H11ClFN5O2S/c1-5(10-14-4-15-16-10)17-20(18,19)8-3-6(11)2-7(13)9(8)12/h2-5,17H,13H2,1H3,(H,14,15,16). The van der Waals surface area contributed by atoms with Crippen LogP contribution in [0.3, 0.4) is 0 Å². The SMILES string of the molecule is CC(NS(=O)(=O)c1cc(Cl)cc(N)c1F)c1ncn[nH]1.